The fraction of sp³-hybridized carbons (Fsp3) is 0.857. The molecule has 0 aliphatic carbocycles. The summed E-state index contributed by atoms with van der Waals surface area (Å²) >= 11 is 0. The van der Waals surface area contributed by atoms with Crippen molar-refractivity contribution in [1.29, 1.82) is 0 Å². The quantitative estimate of drug-likeness (QED) is 0.426. The minimum absolute atomic E-state index is 0.372. The normalized spacial score (nSPS) is 9.38. The molecule has 2 nitrogen and oxygen atoms in total. The summed E-state index contributed by atoms with van der Waals surface area (Å²) in [6.07, 6.45) is 14.1. The van der Waals surface area contributed by atoms with Gasteiger partial charge in [0.05, 0.1) is 6.26 Å². The van der Waals surface area contributed by atoms with Gasteiger partial charge in [-0.1, -0.05) is 71.3 Å². The molecule has 0 aromatic carbocycles. The highest BCUT2D eigenvalue weighted by molar-refractivity contribution is 4.46. The van der Waals surface area contributed by atoms with E-state index in [1.165, 1.54) is 57.8 Å². The molecule has 0 saturated heterocycles. The topological polar surface area (TPSA) is 40.5 Å². The maximum absolute atomic E-state index is 8.57. The molecule has 0 aromatic rings. The van der Waals surface area contributed by atoms with Crippen LogP contribution in [0.2, 0.25) is 0 Å². The van der Waals surface area contributed by atoms with E-state index in [0.29, 0.717) is 6.61 Å². The van der Waals surface area contributed by atoms with Gasteiger partial charge in [0.25, 0.3) is 0 Å². The van der Waals surface area contributed by atoms with E-state index in [9.17, 15) is 0 Å². The van der Waals surface area contributed by atoms with Gasteiger partial charge in [-0.15, -0.1) is 0 Å². The second-order valence-corrected chi connectivity index (χ2v) is 4.09. The molecule has 0 aliphatic heterocycles. The van der Waals surface area contributed by atoms with Crippen LogP contribution in [0.15, 0.2) is 12.8 Å². The first kappa shape index (κ1) is 17.9. The zero-order valence-corrected chi connectivity index (χ0v) is 11.0. The zero-order valence-electron chi connectivity index (χ0n) is 11.0. The summed E-state index contributed by atoms with van der Waals surface area (Å²) in [4.78, 5) is 0. The monoisotopic (exact) mass is 230 g/mol. The lowest BCUT2D eigenvalue weighted by Crippen LogP contribution is -1.84. The Bertz CT molecular complexity index is 103. The molecule has 0 aliphatic rings. The summed E-state index contributed by atoms with van der Waals surface area (Å²) in [5.74, 6) is 0. The Morgan fingerprint density at radius 3 is 1.44 bits per heavy atom. The first-order valence-corrected chi connectivity index (χ1v) is 6.69. The van der Waals surface area contributed by atoms with Crippen LogP contribution in [0.3, 0.4) is 0 Å². The fourth-order valence-corrected chi connectivity index (χ4v) is 1.60. The Balaban J connectivity index is 0. The molecule has 0 atom stereocenters. The molecule has 2 N–H and O–H groups in total. The predicted octanol–water partition coefficient (Wildman–Crippen LogP) is 4.59. The van der Waals surface area contributed by atoms with E-state index < -0.39 is 0 Å². The van der Waals surface area contributed by atoms with Crippen molar-refractivity contribution in [2.45, 2.75) is 71.1 Å². The number of aliphatic hydroxyl groups excluding tert-OH is 2. The van der Waals surface area contributed by atoms with E-state index in [4.69, 9.17) is 10.2 Å². The third kappa shape index (κ3) is 23.4. The van der Waals surface area contributed by atoms with Crippen molar-refractivity contribution in [3.63, 3.8) is 0 Å². The van der Waals surface area contributed by atoms with E-state index in [0.717, 1.165) is 12.7 Å². The Hall–Kier alpha value is -0.500. The summed E-state index contributed by atoms with van der Waals surface area (Å²) < 4.78 is 0. The lowest BCUT2D eigenvalue weighted by Gasteiger charge is -2.00. The van der Waals surface area contributed by atoms with Crippen molar-refractivity contribution in [2.24, 2.45) is 0 Å². The molecule has 98 valence electrons. The third-order valence-corrected chi connectivity index (χ3v) is 2.51. The SMILES string of the molecule is C=CO.CCCCCCCCCCCCO. The Morgan fingerprint density at radius 2 is 1.12 bits per heavy atom. The van der Waals surface area contributed by atoms with E-state index in [2.05, 4.69) is 13.5 Å². The summed E-state index contributed by atoms with van der Waals surface area (Å²) in [6, 6.07) is 0. The van der Waals surface area contributed by atoms with Crippen LogP contribution in [0.4, 0.5) is 0 Å². The van der Waals surface area contributed by atoms with Gasteiger partial charge in [0.15, 0.2) is 0 Å². The average Bonchev–Trinajstić information content (AvgIpc) is 2.28. The van der Waals surface area contributed by atoms with Gasteiger partial charge >= 0.3 is 0 Å². The summed E-state index contributed by atoms with van der Waals surface area (Å²) in [5, 5.41) is 15.9. The van der Waals surface area contributed by atoms with Gasteiger partial charge in [-0.3, -0.25) is 0 Å². The summed E-state index contributed by atoms with van der Waals surface area (Å²) in [6.45, 7) is 5.55. The van der Waals surface area contributed by atoms with Gasteiger partial charge in [-0.25, -0.2) is 0 Å². The second-order valence-electron chi connectivity index (χ2n) is 4.09. The van der Waals surface area contributed by atoms with Crippen LogP contribution in [0.1, 0.15) is 71.1 Å². The van der Waals surface area contributed by atoms with Crippen LogP contribution in [-0.2, 0) is 0 Å². The minimum atomic E-state index is 0.372. The van der Waals surface area contributed by atoms with E-state index in [-0.39, 0.29) is 0 Å². The first-order chi connectivity index (χ1) is 7.83. The van der Waals surface area contributed by atoms with E-state index in [1.54, 1.807) is 0 Å². The minimum Gasteiger partial charge on any atom is -0.516 e. The van der Waals surface area contributed by atoms with Crippen molar-refractivity contribution in [1.82, 2.24) is 0 Å². The fourth-order valence-electron chi connectivity index (χ4n) is 1.60. The zero-order chi connectivity index (χ0) is 12.5. The van der Waals surface area contributed by atoms with Gasteiger partial charge in [0.1, 0.15) is 0 Å². The van der Waals surface area contributed by atoms with Gasteiger partial charge < -0.3 is 10.2 Å². The molecule has 0 unspecified atom stereocenters. The maximum atomic E-state index is 8.57. The molecule has 0 amide bonds. The predicted molar refractivity (Wildman–Crippen MR) is 71.8 cm³/mol. The summed E-state index contributed by atoms with van der Waals surface area (Å²) in [5.41, 5.74) is 0. The van der Waals surface area contributed by atoms with Crippen LogP contribution in [0.25, 0.3) is 0 Å². The summed E-state index contributed by atoms with van der Waals surface area (Å²) in [7, 11) is 0. The number of hydrogen-bond donors (Lipinski definition) is 2. The standard InChI is InChI=1S/C12H26O.C2H4O/c1-2-3-4-5-6-7-8-9-10-11-12-13;1-2-3/h13H,2-12H2,1H3;2-3H,1H2. The average molecular weight is 230 g/mol. The molecule has 0 fully saturated rings. The van der Waals surface area contributed by atoms with Crippen molar-refractivity contribution in [3.05, 3.63) is 12.8 Å². The molecule has 0 saturated carbocycles. The lowest BCUT2D eigenvalue weighted by molar-refractivity contribution is 0.282. The third-order valence-electron chi connectivity index (χ3n) is 2.51. The molecule has 0 rings (SSSR count). The number of aliphatic hydroxyl groups is 2. The number of unbranched alkanes of at least 4 members (excludes halogenated alkanes) is 9. The van der Waals surface area contributed by atoms with Crippen LogP contribution in [0, 0.1) is 0 Å². The van der Waals surface area contributed by atoms with E-state index in [1.807, 2.05) is 0 Å². The van der Waals surface area contributed by atoms with Gasteiger partial charge in [0, 0.05) is 6.61 Å². The van der Waals surface area contributed by atoms with Crippen LogP contribution >= 0.6 is 0 Å². The Labute approximate surface area is 101 Å². The molecular weight excluding hydrogens is 200 g/mol. The highest BCUT2D eigenvalue weighted by Gasteiger charge is 1.91. The molecule has 0 aromatic heterocycles. The van der Waals surface area contributed by atoms with Gasteiger partial charge in [0.2, 0.25) is 0 Å². The van der Waals surface area contributed by atoms with Crippen molar-refractivity contribution < 1.29 is 10.2 Å². The molecule has 0 bridgehead atoms. The number of rotatable bonds is 10. The van der Waals surface area contributed by atoms with Gasteiger partial charge in [-0.05, 0) is 6.42 Å². The smallest absolute Gasteiger partial charge is 0.0719 e. The first-order valence-electron chi connectivity index (χ1n) is 6.69. The van der Waals surface area contributed by atoms with Crippen molar-refractivity contribution in [2.75, 3.05) is 6.61 Å². The Kier molecular flexibility index (Phi) is 22.3. The highest BCUT2D eigenvalue weighted by Crippen LogP contribution is 2.09. The van der Waals surface area contributed by atoms with Crippen molar-refractivity contribution >= 4 is 0 Å². The largest absolute Gasteiger partial charge is 0.516 e. The number of hydrogen-bond acceptors (Lipinski definition) is 2. The molecule has 16 heavy (non-hydrogen) atoms. The molecule has 0 spiro atoms. The van der Waals surface area contributed by atoms with Crippen LogP contribution in [-0.4, -0.2) is 16.8 Å². The van der Waals surface area contributed by atoms with E-state index >= 15 is 0 Å². The molecular formula is C14H30O2. The van der Waals surface area contributed by atoms with Gasteiger partial charge in [-0.2, -0.15) is 0 Å². The second kappa shape index (κ2) is 20.0. The highest BCUT2D eigenvalue weighted by atomic mass is 16.3. The Morgan fingerprint density at radius 1 is 0.812 bits per heavy atom. The lowest BCUT2D eigenvalue weighted by atomic mass is 10.1. The van der Waals surface area contributed by atoms with Crippen molar-refractivity contribution in [3.8, 4) is 0 Å². The van der Waals surface area contributed by atoms with Crippen LogP contribution in [0.5, 0.6) is 0 Å². The maximum Gasteiger partial charge on any atom is 0.0719 e. The van der Waals surface area contributed by atoms with Crippen LogP contribution < -0.4 is 0 Å². The molecule has 2 heteroatoms. The molecule has 0 heterocycles. The molecule has 0 radical (unpaired) electrons.